The van der Waals surface area contributed by atoms with Crippen molar-refractivity contribution < 1.29 is 14.3 Å². The number of esters is 1. The molecule has 0 atom stereocenters. The van der Waals surface area contributed by atoms with Crippen LogP contribution in [0.2, 0.25) is 0 Å². The Morgan fingerprint density at radius 1 is 1.28 bits per heavy atom. The van der Waals surface area contributed by atoms with Gasteiger partial charge in [-0.15, -0.1) is 11.3 Å². The van der Waals surface area contributed by atoms with Crippen LogP contribution in [0, 0.1) is 12.8 Å². The number of hydrogen-bond acceptors (Lipinski definition) is 7. The largest absolute Gasteiger partial charge is 0.462 e. The molecule has 1 aliphatic rings. The summed E-state index contributed by atoms with van der Waals surface area (Å²) in [5.41, 5.74) is 2.63. The van der Waals surface area contributed by atoms with Crippen molar-refractivity contribution >= 4 is 44.9 Å². The molecule has 150 valence electrons. The molecule has 1 aliphatic carbocycles. The molecule has 1 amide bonds. The minimum atomic E-state index is -0.335. The first-order valence-electron chi connectivity index (χ1n) is 9.61. The number of ether oxygens (including phenoxy) is 1. The molecule has 3 aromatic rings. The van der Waals surface area contributed by atoms with Gasteiger partial charge in [0.25, 0.3) is 0 Å². The molecule has 1 fully saturated rings. The van der Waals surface area contributed by atoms with Crippen molar-refractivity contribution in [3.63, 3.8) is 0 Å². The highest BCUT2D eigenvalue weighted by atomic mass is 32.1. The van der Waals surface area contributed by atoms with Gasteiger partial charge >= 0.3 is 5.97 Å². The summed E-state index contributed by atoms with van der Waals surface area (Å²) in [4.78, 5) is 34.1. The van der Waals surface area contributed by atoms with Crippen LogP contribution in [0.5, 0.6) is 0 Å². The van der Waals surface area contributed by atoms with Crippen LogP contribution >= 0.6 is 11.3 Å². The van der Waals surface area contributed by atoms with Gasteiger partial charge in [-0.3, -0.25) is 4.79 Å². The lowest BCUT2D eigenvalue weighted by Crippen LogP contribution is -2.13. The van der Waals surface area contributed by atoms with E-state index >= 15 is 0 Å². The molecule has 0 unspecified atom stereocenters. The van der Waals surface area contributed by atoms with E-state index in [-0.39, 0.29) is 17.8 Å². The van der Waals surface area contributed by atoms with E-state index in [4.69, 9.17) is 4.74 Å². The summed E-state index contributed by atoms with van der Waals surface area (Å²) >= 11 is 1.31. The van der Waals surface area contributed by atoms with E-state index in [1.807, 2.05) is 31.2 Å². The number of aryl methyl sites for hydroxylation is 1. The topological polar surface area (TPSA) is 93.2 Å². The lowest BCUT2D eigenvalue weighted by atomic mass is 10.1. The Labute approximate surface area is 172 Å². The second-order valence-electron chi connectivity index (χ2n) is 7.00. The third-order valence-corrected chi connectivity index (χ3v) is 5.97. The summed E-state index contributed by atoms with van der Waals surface area (Å²) < 4.78 is 5.14. The van der Waals surface area contributed by atoms with E-state index in [1.54, 1.807) is 6.92 Å². The fourth-order valence-electron chi connectivity index (χ4n) is 3.13. The second-order valence-corrected chi connectivity index (χ2v) is 8.00. The number of hydrogen-bond donors (Lipinski definition) is 2. The number of anilines is 2. The smallest absolute Gasteiger partial charge is 0.348 e. The van der Waals surface area contributed by atoms with Gasteiger partial charge in [-0.05, 0) is 49.9 Å². The van der Waals surface area contributed by atoms with E-state index in [0.29, 0.717) is 23.8 Å². The molecule has 4 rings (SSSR count). The van der Waals surface area contributed by atoms with Crippen molar-refractivity contribution in [1.29, 1.82) is 0 Å². The fraction of sp³-hybridized carbons (Fsp3) is 0.333. The van der Waals surface area contributed by atoms with E-state index in [0.717, 1.165) is 39.9 Å². The summed E-state index contributed by atoms with van der Waals surface area (Å²) in [5, 5.41) is 7.13. The predicted molar refractivity (Wildman–Crippen MR) is 113 cm³/mol. The Balaban J connectivity index is 1.52. The number of benzene rings is 1. The first-order valence-corrected chi connectivity index (χ1v) is 10.4. The van der Waals surface area contributed by atoms with Gasteiger partial charge in [0.15, 0.2) is 0 Å². The van der Waals surface area contributed by atoms with Crippen LogP contribution in [-0.4, -0.2) is 28.5 Å². The molecule has 0 bridgehead atoms. The molecule has 2 N–H and O–H groups in total. The summed E-state index contributed by atoms with van der Waals surface area (Å²) in [6.45, 7) is 4.53. The summed E-state index contributed by atoms with van der Waals surface area (Å²) in [6.07, 6.45) is 3.44. The standard InChI is InChI=1S/C21H22N4O3S/c1-3-28-21(27)17-12(2)16-18(23-11-24-20(16)29-17)22-10-13-5-4-6-15(9-13)25-19(26)14-7-8-14/h4-6,9,11,14H,3,7-8,10H2,1-2H3,(H,25,26)(H,22,23,24). The van der Waals surface area contributed by atoms with E-state index in [1.165, 1.54) is 17.7 Å². The predicted octanol–water partition coefficient (Wildman–Crippen LogP) is 4.14. The molecule has 0 aliphatic heterocycles. The fourth-order valence-corrected chi connectivity index (χ4v) is 4.17. The molecular weight excluding hydrogens is 388 g/mol. The van der Waals surface area contributed by atoms with Gasteiger partial charge in [0.1, 0.15) is 21.9 Å². The van der Waals surface area contributed by atoms with Crippen molar-refractivity contribution in [2.45, 2.75) is 33.2 Å². The van der Waals surface area contributed by atoms with Crippen molar-refractivity contribution in [3.8, 4) is 0 Å². The molecular formula is C21H22N4O3S. The molecule has 0 radical (unpaired) electrons. The number of aromatic nitrogens is 2. The van der Waals surface area contributed by atoms with Gasteiger partial charge in [-0.2, -0.15) is 0 Å². The second kappa shape index (κ2) is 8.16. The average molecular weight is 410 g/mol. The lowest BCUT2D eigenvalue weighted by Gasteiger charge is -2.10. The quantitative estimate of drug-likeness (QED) is 0.569. The van der Waals surface area contributed by atoms with Crippen molar-refractivity contribution in [3.05, 3.63) is 46.6 Å². The number of amides is 1. The first kappa shape index (κ1) is 19.3. The Bertz CT molecular complexity index is 1070. The van der Waals surface area contributed by atoms with Crippen molar-refractivity contribution in [2.75, 3.05) is 17.2 Å². The average Bonchev–Trinajstić information content (AvgIpc) is 3.51. The van der Waals surface area contributed by atoms with Crippen molar-refractivity contribution in [2.24, 2.45) is 5.92 Å². The summed E-state index contributed by atoms with van der Waals surface area (Å²) in [5.74, 6) is 0.596. The third kappa shape index (κ3) is 4.22. The third-order valence-electron chi connectivity index (χ3n) is 4.79. The molecule has 2 heterocycles. The number of fused-ring (bicyclic) bond motifs is 1. The SMILES string of the molecule is CCOC(=O)c1sc2ncnc(NCc3cccc(NC(=O)C4CC4)c3)c2c1C. The molecule has 7 nitrogen and oxygen atoms in total. The number of rotatable bonds is 7. The van der Waals surface area contributed by atoms with Crippen LogP contribution < -0.4 is 10.6 Å². The number of nitrogens with zero attached hydrogens (tertiary/aromatic N) is 2. The maximum absolute atomic E-state index is 12.2. The molecule has 29 heavy (non-hydrogen) atoms. The number of carbonyl (C=O) groups is 2. The Morgan fingerprint density at radius 2 is 2.10 bits per heavy atom. The maximum atomic E-state index is 12.2. The van der Waals surface area contributed by atoms with Gasteiger partial charge in [0.05, 0.1) is 12.0 Å². The minimum absolute atomic E-state index is 0.0908. The zero-order chi connectivity index (χ0) is 20.4. The van der Waals surface area contributed by atoms with Gasteiger partial charge in [-0.25, -0.2) is 14.8 Å². The van der Waals surface area contributed by atoms with Crippen LogP contribution in [-0.2, 0) is 16.1 Å². The zero-order valence-electron chi connectivity index (χ0n) is 16.3. The Hall–Kier alpha value is -3.00. The Morgan fingerprint density at radius 3 is 2.86 bits per heavy atom. The van der Waals surface area contributed by atoms with Gasteiger partial charge in [0.2, 0.25) is 5.91 Å². The molecule has 2 aromatic heterocycles. The van der Waals surface area contributed by atoms with Crippen LogP contribution in [0.15, 0.2) is 30.6 Å². The lowest BCUT2D eigenvalue weighted by molar-refractivity contribution is -0.117. The number of nitrogens with one attached hydrogen (secondary N) is 2. The minimum Gasteiger partial charge on any atom is -0.462 e. The molecule has 8 heteroatoms. The van der Waals surface area contributed by atoms with Gasteiger partial charge in [0, 0.05) is 18.2 Å². The Kier molecular flexibility index (Phi) is 5.44. The van der Waals surface area contributed by atoms with Crippen LogP contribution in [0.25, 0.3) is 10.2 Å². The highest BCUT2D eigenvalue weighted by Gasteiger charge is 2.29. The zero-order valence-corrected chi connectivity index (χ0v) is 17.1. The summed E-state index contributed by atoms with van der Waals surface area (Å²) in [6, 6.07) is 7.75. The van der Waals surface area contributed by atoms with Crippen molar-refractivity contribution in [1.82, 2.24) is 9.97 Å². The number of carbonyl (C=O) groups excluding carboxylic acids is 2. The monoisotopic (exact) mass is 410 g/mol. The van der Waals surface area contributed by atoms with E-state index in [2.05, 4.69) is 20.6 Å². The highest BCUT2D eigenvalue weighted by Crippen LogP contribution is 2.34. The van der Waals surface area contributed by atoms with Gasteiger partial charge < -0.3 is 15.4 Å². The molecule has 1 saturated carbocycles. The normalized spacial score (nSPS) is 13.3. The molecule has 0 spiro atoms. The van der Waals surface area contributed by atoms with E-state index < -0.39 is 0 Å². The molecule has 0 saturated heterocycles. The van der Waals surface area contributed by atoms with Gasteiger partial charge in [-0.1, -0.05) is 12.1 Å². The van der Waals surface area contributed by atoms with E-state index in [9.17, 15) is 9.59 Å². The maximum Gasteiger partial charge on any atom is 0.348 e. The molecule has 1 aromatic carbocycles. The highest BCUT2D eigenvalue weighted by molar-refractivity contribution is 7.20. The van der Waals surface area contributed by atoms with Crippen LogP contribution in [0.4, 0.5) is 11.5 Å². The van der Waals surface area contributed by atoms with Crippen LogP contribution in [0.1, 0.15) is 40.6 Å². The number of thiophene rings is 1. The summed E-state index contributed by atoms with van der Waals surface area (Å²) in [7, 11) is 0. The van der Waals surface area contributed by atoms with Crippen LogP contribution in [0.3, 0.4) is 0 Å². The first-order chi connectivity index (χ1) is 14.1.